The molecule has 0 aliphatic carbocycles. The number of amides is 2. The molecule has 2 unspecified atom stereocenters. The van der Waals surface area contributed by atoms with Crippen LogP contribution in [0.15, 0.2) is 0 Å². The summed E-state index contributed by atoms with van der Waals surface area (Å²) in [5.41, 5.74) is 0. The van der Waals surface area contributed by atoms with Crippen molar-refractivity contribution in [2.24, 2.45) is 17.8 Å². The van der Waals surface area contributed by atoms with Gasteiger partial charge >= 0.3 is 12.0 Å². The Hall–Kier alpha value is -1.70. The Kier molecular flexibility index (Phi) is 4.60. The third kappa shape index (κ3) is 3.16. The zero-order valence-corrected chi connectivity index (χ0v) is 11.0. The smallest absolute Gasteiger partial charge is 0.318 e. The molecule has 0 saturated carbocycles. The van der Waals surface area contributed by atoms with E-state index in [1.807, 2.05) is 13.8 Å². The minimum absolute atomic E-state index is 0.0385. The molecule has 0 spiro atoms. The lowest BCUT2D eigenvalue weighted by Crippen LogP contribution is -2.58. The van der Waals surface area contributed by atoms with Crippen molar-refractivity contribution in [1.82, 2.24) is 10.2 Å². The number of carbonyl (C=O) groups is 2. The maximum Gasteiger partial charge on any atom is 0.318 e. The van der Waals surface area contributed by atoms with Crippen LogP contribution in [0.2, 0.25) is 0 Å². The largest absolute Gasteiger partial charge is 0.481 e. The van der Waals surface area contributed by atoms with E-state index < -0.39 is 11.9 Å². The first-order valence-electron chi connectivity index (χ1n) is 6.11. The fourth-order valence-corrected chi connectivity index (χ4v) is 1.82. The van der Waals surface area contributed by atoms with Gasteiger partial charge in [0.15, 0.2) is 0 Å². The monoisotopic (exact) mass is 252 g/mol. The van der Waals surface area contributed by atoms with E-state index in [0.29, 0.717) is 13.1 Å². The highest BCUT2D eigenvalue weighted by Crippen LogP contribution is 2.24. The van der Waals surface area contributed by atoms with Gasteiger partial charge in [-0.05, 0) is 5.92 Å². The fraction of sp³-hybridized carbons (Fsp3) is 0.692. The zero-order valence-electron chi connectivity index (χ0n) is 11.0. The molecule has 1 aliphatic heterocycles. The van der Waals surface area contributed by atoms with E-state index in [1.54, 1.807) is 11.8 Å². The van der Waals surface area contributed by atoms with Gasteiger partial charge in [0, 0.05) is 19.0 Å². The Morgan fingerprint density at radius 2 is 1.94 bits per heavy atom. The van der Waals surface area contributed by atoms with E-state index >= 15 is 0 Å². The van der Waals surface area contributed by atoms with Crippen molar-refractivity contribution in [3.8, 4) is 12.3 Å². The van der Waals surface area contributed by atoms with Gasteiger partial charge in [-0.1, -0.05) is 26.7 Å². The first-order chi connectivity index (χ1) is 8.36. The van der Waals surface area contributed by atoms with Crippen LogP contribution in [0.4, 0.5) is 4.79 Å². The molecule has 0 aromatic heterocycles. The Bertz CT molecular complexity index is 367. The molecule has 5 nitrogen and oxygen atoms in total. The number of likely N-dealkylation sites (tertiary alicyclic amines) is 1. The van der Waals surface area contributed by atoms with Gasteiger partial charge in [0.25, 0.3) is 0 Å². The highest BCUT2D eigenvalue weighted by Gasteiger charge is 2.37. The summed E-state index contributed by atoms with van der Waals surface area (Å²) in [6, 6.07) is -0.492. The second-order valence-corrected chi connectivity index (χ2v) is 5.13. The number of terminal acetylenes is 1. The van der Waals surface area contributed by atoms with Crippen LogP contribution in [0.1, 0.15) is 20.8 Å². The van der Waals surface area contributed by atoms with Gasteiger partial charge in [-0.2, -0.15) is 0 Å². The van der Waals surface area contributed by atoms with E-state index in [1.165, 1.54) is 0 Å². The molecular weight excluding hydrogens is 232 g/mol. The van der Waals surface area contributed by atoms with E-state index in [0.717, 1.165) is 0 Å². The molecule has 18 heavy (non-hydrogen) atoms. The number of urea groups is 1. The van der Waals surface area contributed by atoms with Crippen molar-refractivity contribution in [2.45, 2.75) is 26.8 Å². The predicted molar refractivity (Wildman–Crippen MR) is 67.9 cm³/mol. The van der Waals surface area contributed by atoms with Crippen LogP contribution in [0.3, 0.4) is 0 Å². The van der Waals surface area contributed by atoms with Crippen LogP contribution in [-0.2, 0) is 4.79 Å². The number of aliphatic carboxylic acids is 1. The Morgan fingerprint density at radius 1 is 1.39 bits per heavy atom. The molecule has 0 radical (unpaired) electrons. The molecule has 2 N–H and O–H groups in total. The molecule has 2 amide bonds. The van der Waals surface area contributed by atoms with Crippen LogP contribution in [-0.4, -0.2) is 41.1 Å². The first kappa shape index (κ1) is 14.4. The molecule has 100 valence electrons. The van der Waals surface area contributed by atoms with Gasteiger partial charge in [-0.3, -0.25) is 4.79 Å². The predicted octanol–water partition coefficient (Wildman–Crippen LogP) is 1.01. The molecular formula is C13H20N2O3. The lowest BCUT2D eigenvalue weighted by molar-refractivity contribution is -0.144. The zero-order chi connectivity index (χ0) is 13.9. The van der Waals surface area contributed by atoms with Gasteiger partial charge in [-0.25, -0.2) is 4.79 Å². The van der Waals surface area contributed by atoms with Gasteiger partial charge in [-0.15, -0.1) is 6.42 Å². The summed E-state index contributed by atoms with van der Waals surface area (Å²) >= 11 is 0. The highest BCUT2D eigenvalue weighted by molar-refractivity contribution is 5.76. The molecule has 1 saturated heterocycles. The summed E-state index contributed by atoms with van der Waals surface area (Å²) < 4.78 is 0. The summed E-state index contributed by atoms with van der Waals surface area (Å²) in [5, 5.41) is 11.6. The van der Waals surface area contributed by atoms with Crippen molar-refractivity contribution in [2.75, 3.05) is 13.1 Å². The minimum Gasteiger partial charge on any atom is -0.481 e. The second kappa shape index (κ2) is 5.76. The Morgan fingerprint density at radius 3 is 2.33 bits per heavy atom. The van der Waals surface area contributed by atoms with Crippen molar-refractivity contribution in [1.29, 1.82) is 0 Å². The van der Waals surface area contributed by atoms with E-state index in [2.05, 4.69) is 11.2 Å². The minimum atomic E-state index is -0.816. The van der Waals surface area contributed by atoms with Crippen molar-refractivity contribution in [3.05, 3.63) is 0 Å². The number of hydrogen-bond acceptors (Lipinski definition) is 2. The standard InChI is InChI=1S/C13H20N2O3/c1-5-11(8(2)3)14-13(18)15-6-10(7-15)9(4)12(16)17/h1,8-11H,6-7H2,2-4H3,(H,14,18)(H,16,17). The summed E-state index contributed by atoms with van der Waals surface area (Å²) in [4.78, 5) is 24.2. The number of hydrogen-bond donors (Lipinski definition) is 2. The quantitative estimate of drug-likeness (QED) is 0.733. The van der Waals surface area contributed by atoms with Gasteiger partial charge in [0.05, 0.1) is 12.0 Å². The molecule has 1 aliphatic rings. The van der Waals surface area contributed by atoms with Crippen LogP contribution in [0.25, 0.3) is 0 Å². The van der Waals surface area contributed by atoms with Crippen LogP contribution >= 0.6 is 0 Å². The molecule has 0 aromatic carbocycles. The second-order valence-electron chi connectivity index (χ2n) is 5.13. The third-order valence-corrected chi connectivity index (χ3v) is 3.42. The van der Waals surface area contributed by atoms with Gasteiger partial charge < -0.3 is 15.3 Å². The van der Waals surface area contributed by atoms with Gasteiger partial charge in [0.2, 0.25) is 0 Å². The van der Waals surface area contributed by atoms with Crippen LogP contribution in [0, 0.1) is 30.1 Å². The maximum absolute atomic E-state index is 11.8. The molecule has 1 fully saturated rings. The Balaban J connectivity index is 2.40. The lowest BCUT2D eigenvalue weighted by Gasteiger charge is -2.41. The SMILES string of the molecule is C#CC(NC(=O)N1CC(C(C)C(=O)O)C1)C(C)C. The number of nitrogens with zero attached hydrogens (tertiary/aromatic N) is 1. The van der Waals surface area contributed by atoms with Gasteiger partial charge in [0.1, 0.15) is 0 Å². The van der Waals surface area contributed by atoms with Crippen LogP contribution < -0.4 is 5.32 Å². The number of nitrogens with one attached hydrogen (secondary N) is 1. The Labute approximate surface area is 108 Å². The molecule has 2 atom stereocenters. The molecule has 5 heteroatoms. The molecule has 0 bridgehead atoms. The molecule has 0 aromatic rings. The van der Waals surface area contributed by atoms with Crippen LogP contribution in [0.5, 0.6) is 0 Å². The topological polar surface area (TPSA) is 69.6 Å². The third-order valence-electron chi connectivity index (χ3n) is 3.42. The fourth-order valence-electron chi connectivity index (χ4n) is 1.82. The summed E-state index contributed by atoms with van der Waals surface area (Å²) in [6.45, 7) is 6.51. The van der Waals surface area contributed by atoms with E-state index in [4.69, 9.17) is 11.5 Å². The number of carbonyl (C=O) groups excluding carboxylic acids is 1. The van der Waals surface area contributed by atoms with E-state index in [-0.39, 0.29) is 23.9 Å². The first-order valence-corrected chi connectivity index (χ1v) is 6.11. The van der Waals surface area contributed by atoms with Crippen molar-refractivity contribution in [3.63, 3.8) is 0 Å². The maximum atomic E-state index is 11.8. The van der Waals surface area contributed by atoms with Crippen molar-refractivity contribution >= 4 is 12.0 Å². The van der Waals surface area contributed by atoms with E-state index in [9.17, 15) is 9.59 Å². The summed E-state index contributed by atoms with van der Waals surface area (Å²) in [5.74, 6) is 1.52. The summed E-state index contributed by atoms with van der Waals surface area (Å²) in [6.07, 6.45) is 5.34. The normalized spacial score (nSPS) is 18.7. The number of carboxylic acids is 1. The highest BCUT2D eigenvalue weighted by atomic mass is 16.4. The summed E-state index contributed by atoms with van der Waals surface area (Å²) in [7, 11) is 0. The number of rotatable bonds is 4. The average molecular weight is 252 g/mol. The van der Waals surface area contributed by atoms with Crippen molar-refractivity contribution < 1.29 is 14.7 Å². The molecule has 1 rings (SSSR count). The molecule has 1 heterocycles. The average Bonchev–Trinajstić information content (AvgIpc) is 2.22. The number of carboxylic acid groups (broad SMARTS) is 1. The lowest BCUT2D eigenvalue weighted by atomic mass is 9.87.